The molecule has 2 heterocycles. The van der Waals surface area contributed by atoms with Crippen LogP contribution in [0.5, 0.6) is 0 Å². The average molecular weight is 400 g/mol. The van der Waals surface area contributed by atoms with Crippen LogP contribution in [0.25, 0.3) is 11.3 Å². The Hall–Kier alpha value is -3.79. The van der Waals surface area contributed by atoms with Gasteiger partial charge in [-0.1, -0.05) is 30.3 Å². The van der Waals surface area contributed by atoms with Gasteiger partial charge in [0.2, 0.25) is 5.95 Å². The minimum Gasteiger partial charge on any atom is -0.378 e. The highest BCUT2D eigenvalue weighted by Gasteiger charge is 2.21. The second-order valence-corrected chi connectivity index (χ2v) is 7.48. The van der Waals surface area contributed by atoms with Gasteiger partial charge in [0.1, 0.15) is 11.6 Å². The predicted molar refractivity (Wildman–Crippen MR) is 120 cm³/mol. The van der Waals surface area contributed by atoms with Crippen molar-refractivity contribution < 1.29 is 0 Å². The lowest BCUT2D eigenvalue weighted by Crippen LogP contribution is -2.47. The van der Waals surface area contributed by atoms with E-state index >= 15 is 0 Å². The lowest BCUT2D eigenvalue weighted by atomic mass is 10.1. The Labute approximate surface area is 175 Å². The van der Waals surface area contributed by atoms with Gasteiger partial charge in [-0.2, -0.15) is 5.26 Å². The van der Waals surface area contributed by atoms with Crippen LogP contribution in [0.2, 0.25) is 0 Å². The largest absolute Gasteiger partial charge is 0.378 e. The summed E-state index contributed by atoms with van der Waals surface area (Å²) in [6.07, 6.45) is 0. The Morgan fingerprint density at radius 2 is 1.60 bits per heavy atom. The summed E-state index contributed by atoms with van der Waals surface area (Å²) in [5.41, 5.74) is 3.05. The van der Waals surface area contributed by atoms with E-state index < -0.39 is 5.56 Å². The minimum absolute atomic E-state index is 0.0410. The van der Waals surface area contributed by atoms with E-state index in [1.54, 1.807) is 0 Å². The number of nitriles is 1. The third kappa shape index (κ3) is 3.85. The van der Waals surface area contributed by atoms with Crippen molar-refractivity contribution in [1.29, 1.82) is 5.26 Å². The fourth-order valence-electron chi connectivity index (χ4n) is 3.66. The average Bonchev–Trinajstić information content (AvgIpc) is 2.79. The van der Waals surface area contributed by atoms with Crippen molar-refractivity contribution >= 4 is 17.3 Å². The van der Waals surface area contributed by atoms with E-state index in [1.807, 2.05) is 67.5 Å². The van der Waals surface area contributed by atoms with Crippen LogP contribution in [-0.2, 0) is 0 Å². The zero-order valence-electron chi connectivity index (χ0n) is 17.2. The SMILES string of the molecule is CN(C)c1ccc(-c2nc(N3CCN(c4ccccc4)CC3)[nH]c(=O)c2C#N)cc1. The van der Waals surface area contributed by atoms with E-state index in [0.29, 0.717) is 11.6 Å². The van der Waals surface area contributed by atoms with E-state index in [2.05, 4.69) is 31.9 Å². The number of H-pyrrole nitrogens is 1. The highest BCUT2D eigenvalue weighted by Crippen LogP contribution is 2.24. The highest BCUT2D eigenvalue weighted by molar-refractivity contribution is 5.69. The van der Waals surface area contributed by atoms with Gasteiger partial charge in [-0.15, -0.1) is 0 Å². The molecule has 0 amide bonds. The summed E-state index contributed by atoms with van der Waals surface area (Å²) >= 11 is 0. The summed E-state index contributed by atoms with van der Waals surface area (Å²) in [4.78, 5) is 26.5. The van der Waals surface area contributed by atoms with E-state index in [0.717, 1.165) is 37.4 Å². The minimum atomic E-state index is -0.403. The molecule has 4 rings (SSSR count). The Bertz CT molecular complexity index is 1110. The van der Waals surface area contributed by atoms with Crippen LogP contribution in [0.3, 0.4) is 0 Å². The fraction of sp³-hybridized carbons (Fsp3) is 0.261. The maximum absolute atomic E-state index is 12.6. The van der Waals surface area contributed by atoms with Crippen molar-refractivity contribution in [3.05, 3.63) is 70.5 Å². The van der Waals surface area contributed by atoms with Crippen LogP contribution in [0.1, 0.15) is 5.56 Å². The number of anilines is 3. The number of benzene rings is 2. The second kappa shape index (κ2) is 8.29. The maximum Gasteiger partial charge on any atom is 0.270 e. The van der Waals surface area contributed by atoms with E-state index in [9.17, 15) is 10.1 Å². The number of hydrogen-bond donors (Lipinski definition) is 1. The third-order valence-electron chi connectivity index (χ3n) is 5.38. The molecule has 30 heavy (non-hydrogen) atoms. The zero-order valence-corrected chi connectivity index (χ0v) is 17.2. The van der Waals surface area contributed by atoms with Gasteiger partial charge < -0.3 is 14.7 Å². The summed E-state index contributed by atoms with van der Waals surface area (Å²) in [7, 11) is 3.93. The van der Waals surface area contributed by atoms with Crippen LogP contribution < -0.4 is 20.3 Å². The van der Waals surface area contributed by atoms with Gasteiger partial charge in [0.25, 0.3) is 5.56 Å². The topological polar surface area (TPSA) is 79.3 Å². The molecule has 0 unspecified atom stereocenters. The molecule has 3 aromatic rings. The Morgan fingerprint density at radius 3 is 2.20 bits per heavy atom. The molecule has 1 N–H and O–H groups in total. The second-order valence-electron chi connectivity index (χ2n) is 7.48. The lowest BCUT2D eigenvalue weighted by molar-refractivity contribution is 0.639. The van der Waals surface area contributed by atoms with Gasteiger partial charge in [-0.25, -0.2) is 4.98 Å². The van der Waals surface area contributed by atoms with Crippen LogP contribution in [-0.4, -0.2) is 50.2 Å². The normalized spacial score (nSPS) is 13.8. The molecule has 0 aliphatic carbocycles. The number of piperazine rings is 1. The molecule has 0 radical (unpaired) electrons. The summed E-state index contributed by atoms with van der Waals surface area (Å²) in [5, 5.41) is 9.53. The maximum atomic E-state index is 12.6. The number of nitrogens with one attached hydrogen (secondary N) is 1. The van der Waals surface area contributed by atoms with Crippen molar-refractivity contribution in [2.45, 2.75) is 0 Å². The summed E-state index contributed by atoms with van der Waals surface area (Å²) in [6.45, 7) is 3.15. The Balaban J connectivity index is 1.61. The first-order valence-corrected chi connectivity index (χ1v) is 9.94. The molecule has 1 saturated heterocycles. The van der Waals surface area contributed by atoms with Crippen LogP contribution in [0, 0.1) is 11.3 Å². The Kier molecular flexibility index (Phi) is 5.40. The van der Waals surface area contributed by atoms with Crippen LogP contribution in [0.15, 0.2) is 59.4 Å². The van der Waals surface area contributed by atoms with Gasteiger partial charge in [0, 0.05) is 57.2 Å². The van der Waals surface area contributed by atoms with Crippen LogP contribution in [0.4, 0.5) is 17.3 Å². The van der Waals surface area contributed by atoms with Gasteiger partial charge in [-0.05, 0) is 24.3 Å². The molecular weight excluding hydrogens is 376 g/mol. The summed E-state index contributed by atoms with van der Waals surface area (Å²) in [6, 6.07) is 20.0. The van der Waals surface area contributed by atoms with Gasteiger partial charge in [-0.3, -0.25) is 9.78 Å². The molecule has 7 heteroatoms. The molecule has 1 aliphatic heterocycles. The molecule has 0 saturated carbocycles. The van der Waals surface area contributed by atoms with E-state index in [1.165, 1.54) is 5.69 Å². The summed E-state index contributed by atoms with van der Waals surface area (Å²) < 4.78 is 0. The highest BCUT2D eigenvalue weighted by atomic mass is 16.1. The number of aromatic amines is 1. The monoisotopic (exact) mass is 400 g/mol. The van der Waals surface area contributed by atoms with Gasteiger partial charge >= 0.3 is 0 Å². The van der Waals surface area contributed by atoms with Crippen molar-refractivity contribution in [1.82, 2.24) is 9.97 Å². The zero-order chi connectivity index (χ0) is 21.1. The standard InChI is InChI=1S/C23H24N6O/c1-27(2)18-10-8-17(9-11-18)21-20(16-24)22(30)26-23(25-21)29-14-12-28(13-15-29)19-6-4-3-5-7-19/h3-11H,12-15H2,1-2H3,(H,25,26,30). The third-order valence-corrected chi connectivity index (χ3v) is 5.38. The van der Waals surface area contributed by atoms with Gasteiger partial charge in [0.05, 0.1) is 5.69 Å². The van der Waals surface area contributed by atoms with Crippen molar-refractivity contribution in [2.24, 2.45) is 0 Å². The first-order chi connectivity index (χ1) is 14.6. The number of nitrogens with zero attached hydrogens (tertiary/aromatic N) is 5. The smallest absolute Gasteiger partial charge is 0.270 e. The van der Waals surface area contributed by atoms with Crippen molar-refractivity contribution in [2.75, 3.05) is 55.0 Å². The first kappa shape index (κ1) is 19.5. The molecule has 0 bridgehead atoms. The molecule has 1 aromatic heterocycles. The number of para-hydroxylation sites is 1. The molecule has 0 spiro atoms. The predicted octanol–water partition coefficient (Wildman–Crippen LogP) is 2.70. The van der Waals surface area contributed by atoms with E-state index in [4.69, 9.17) is 0 Å². The molecule has 2 aromatic carbocycles. The Morgan fingerprint density at radius 1 is 0.967 bits per heavy atom. The molecule has 1 fully saturated rings. The molecule has 152 valence electrons. The lowest BCUT2D eigenvalue weighted by Gasteiger charge is -2.36. The first-order valence-electron chi connectivity index (χ1n) is 9.94. The number of hydrogen-bond acceptors (Lipinski definition) is 6. The fourth-order valence-corrected chi connectivity index (χ4v) is 3.66. The summed E-state index contributed by atoms with van der Waals surface area (Å²) in [5.74, 6) is 0.512. The van der Waals surface area contributed by atoms with E-state index in [-0.39, 0.29) is 5.56 Å². The van der Waals surface area contributed by atoms with Gasteiger partial charge in [0.15, 0.2) is 0 Å². The molecular formula is C23H24N6O. The molecule has 1 aliphatic rings. The molecule has 0 atom stereocenters. The number of aromatic nitrogens is 2. The van der Waals surface area contributed by atoms with Crippen molar-refractivity contribution in [3.63, 3.8) is 0 Å². The van der Waals surface area contributed by atoms with Crippen LogP contribution >= 0.6 is 0 Å². The quantitative estimate of drug-likeness (QED) is 0.725. The molecule has 7 nitrogen and oxygen atoms in total. The van der Waals surface area contributed by atoms with Crippen molar-refractivity contribution in [3.8, 4) is 17.3 Å². The number of rotatable bonds is 4.